The molecule has 0 radical (unpaired) electrons. The lowest BCUT2D eigenvalue weighted by atomic mass is 10.2. The minimum absolute atomic E-state index is 0.228. The largest absolute Gasteiger partial charge is 0.432 e. The normalized spacial score (nSPS) is 11.2. The number of alkyl halides is 3. The topological polar surface area (TPSA) is 91.3 Å². The first kappa shape index (κ1) is 14.6. The molecule has 0 fully saturated rings. The van der Waals surface area contributed by atoms with Gasteiger partial charge in [0.1, 0.15) is 5.82 Å². The minimum Gasteiger partial charge on any atom is -0.432 e. The van der Waals surface area contributed by atoms with E-state index in [0.29, 0.717) is 12.1 Å². The summed E-state index contributed by atoms with van der Waals surface area (Å²) in [6.45, 7) is 0. The van der Waals surface area contributed by atoms with Crippen molar-refractivity contribution in [2.75, 3.05) is 5.73 Å². The molecule has 0 saturated carbocycles. The van der Waals surface area contributed by atoms with Crippen molar-refractivity contribution < 1.29 is 22.8 Å². The molecule has 0 spiro atoms. The van der Waals surface area contributed by atoms with Crippen molar-refractivity contribution in [2.45, 2.75) is 6.18 Å². The molecular weight excluding hydrogens is 291 g/mol. The molecule has 110 valence electrons. The zero-order chi connectivity index (χ0) is 15.6. The second kappa shape index (κ2) is 5.27. The van der Waals surface area contributed by atoms with Crippen molar-refractivity contribution in [3.05, 3.63) is 52.1 Å². The monoisotopic (exact) mass is 299 g/mol. The summed E-state index contributed by atoms with van der Waals surface area (Å²) >= 11 is 0. The standard InChI is InChI=1S/C12H8F3N3O3/c13-12(14,15)7-5-10(16)17-11(6-7)21-9-4-2-1-3-8(9)18(19)20/h1-6H,(H2,16,17). The lowest BCUT2D eigenvalue weighted by Crippen LogP contribution is -2.07. The molecule has 0 bridgehead atoms. The van der Waals surface area contributed by atoms with Gasteiger partial charge in [-0.25, -0.2) is 0 Å². The van der Waals surface area contributed by atoms with Gasteiger partial charge in [-0.1, -0.05) is 12.1 Å². The van der Waals surface area contributed by atoms with E-state index in [2.05, 4.69) is 4.98 Å². The summed E-state index contributed by atoms with van der Waals surface area (Å²) in [4.78, 5) is 13.7. The second-order valence-electron chi connectivity index (χ2n) is 3.94. The average molecular weight is 299 g/mol. The van der Waals surface area contributed by atoms with Crippen molar-refractivity contribution in [1.82, 2.24) is 4.98 Å². The number of benzene rings is 1. The van der Waals surface area contributed by atoms with Crippen LogP contribution in [-0.4, -0.2) is 9.91 Å². The van der Waals surface area contributed by atoms with E-state index in [0.717, 1.165) is 6.07 Å². The number of nitrogen functional groups attached to an aromatic ring is 1. The predicted octanol–water partition coefficient (Wildman–Crippen LogP) is 3.38. The lowest BCUT2D eigenvalue weighted by Gasteiger charge is -2.10. The lowest BCUT2D eigenvalue weighted by molar-refractivity contribution is -0.385. The van der Waals surface area contributed by atoms with E-state index in [9.17, 15) is 23.3 Å². The molecule has 21 heavy (non-hydrogen) atoms. The minimum atomic E-state index is -4.63. The van der Waals surface area contributed by atoms with E-state index in [-0.39, 0.29) is 5.75 Å². The SMILES string of the molecule is Nc1cc(C(F)(F)F)cc(Oc2ccccc2[N+](=O)[O-])n1. The van der Waals surface area contributed by atoms with Crippen LogP contribution in [-0.2, 0) is 6.18 Å². The molecule has 0 aliphatic carbocycles. The van der Waals surface area contributed by atoms with Crippen LogP contribution in [0.3, 0.4) is 0 Å². The van der Waals surface area contributed by atoms with Gasteiger partial charge in [-0.15, -0.1) is 0 Å². The molecule has 2 rings (SSSR count). The van der Waals surface area contributed by atoms with Gasteiger partial charge in [0.2, 0.25) is 11.6 Å². The maximum Gasteiger partial charge on any atom is 0.416 e. The Morgan fingerprint density at radius 3 is 2.52 bits per heavy atom. The van der Waals surface area contributed by atoms with Crippen LogP contribution in [0.2, 0.25) is 0 Å². The molecule has 1 aromatic heterocycles. The van der Waals surface area contributed by atoms with Crippen LogP contribution in [0, 0.1) is 10.1 Å². The highest BCUT2D eigenvalue weighted by Crippen LogP contribution is 2.35. The third-order valence-corrected chi connectivity index (χ3v) is 2.43. The van der Waals surface area contributed by atoms with Crippen LogP contribution >= 0.6 is 0 Å². The Morgan fingerprint density at radius 2 is 1.90 bits per heavy atom. The van der Waals surface area contributed by atoms with E-state index in [1.54, 1.807) is 0 Å². The summed E-state index contributed by atoms with van der Waals surface area (Å²) in [5.41, 5.74) is 3.84. The zero-order valence-corrected chi connectivity index (χ0v) is 10.3. The van der Waals surface area contributed by atoms with Crippen LogP contribution in [0.4, 0.5) is 24.7 Å². The molecule has 9 heteroatoms. The summed E-state index contributed by atoms with van der Waals surface area (Å²) in [5.74, 6) is -1.11. The fourth-order valence-electron chi connectivity index (χ4n) is 1.55. The first-order chi connectivity index (χ1) is 9.77. The maximum atomic E-state index is 12.6. The van der Waals surface area contributed by atoms with Gasteiger partial charge < -0.3 is 10.5 Å². The maximum absolute atomic E-state index is 12.6. The Labute approximate surface area is 116 Å². The Hall–Kier alpha value is -2.84. The molecule has 0 amide bonds. The van der Waals surface area contributed by atoms with E-state index >= 15 is 0 Å². The summed E-state index contributed by atoms with van der Waals surface area (Å²) in [5, 5.41) is 10.8. The van der Waals surface area contributed by atoms with E-state index in [1.807, 2.05) is 0 Å². The number of nitro groups is 1. The van der Waals surface area contributed by atoms with Crippen molar-refractivity contribution >= 4 is 11.5 Å². The van der Waals surface area contributed by atoms with Gasteiger partial charge >= 0.3 is 11.9 Å². The van der Waals surface area contributed by atoms with Crippen LogP contribution in [0.25, 0.3) is 0 Å². The third-order valence-electron chi connectivity index (χ3n) is 2.43. The number of nitrogens with zero attached hydrogens (tertiary/aromatic N) is 2. The Kier molecular flexibility index (Phi) is 3.66. The highest BCUT2D eigenvalue weighted by Gasteiger charge is 2.32. The summed E-state index contributed by atoms with van der Waals surface area (Å²) in [6.07, 6.45) is -4.63. The molecule has 0 saturated heterocycles. The number of pyridine rings is 1. The number of nitrogens with two attached hydrogens (primary N) is 1. The number of rotatable bonds is 3. The molecule has 1 aromatic carbocycles. The number of hydrogen-bond acceptors (Lipinski definition) is 5. The predicted molar refractivity (Wildman–Crippen MR) is 66.8 cm³/mol. The Bertz CT molecular complexity index is 689. The molecular formula is C12H8F3N3O3. The molecule has 0 atom stereocenters. The number of hydrogen-bond donors (Lipinski definition) is 1. The smallest absolute Gasteiger partial charge is 0.416 e. The first-order valence-corrected chi connectivity index (χ1v) is 5.53. The number of anilines is 1. The second-order valence-corrected chi connectivity index (χ2v) is 3.94. The molecule has 0 aliphatic heterocycles. The van der Waals surface area contributed by atoms with Crippen LogP contribution in [0.15, 0.2) is 36.4 Å². The fourth-order valence-corrected chi connectivity index (χ4v) is 1.55. The van der Waals surface area contributed by atoms with Crippen molar-refractivity contribution in [3.8, 4) is 11.6 Å². The van der Waals surface area contributed by atoms with Gasteiger partial charge in [-0.2, -0.15) is 18.2 Å². The van der Waals surface area contributed by atoms with Gasteiger partial charge in [0.25, 0.3) is 0 Å². The molecule has 0 aliphatic rings. The van der Waals surface area contributed by atoms with Gasteiger partial charge in [0.15, 0.2) is 0 Å². The van der Waals surface area contributed by atoms with Crippen molar-refractivity contribution in [1.29, 1.82) is 0 Å². The molecule has 2 N–H and O–H groups in total. The number of para-hydroxylation sites is 2. The molecule has 6 nitrogen and oxygen atoms in total. The first-order valence-electron chi connectivity index (χ1n) is 5.53. The van der Waals surface area contributed by atoms with Gasteiger partial charge in [0, 0.05) is 12.1 Å². The van der Waals surface area contributed by atoms with E-state index in [4.69, 9.17) is 10.5 Å². The number of aromatic nitrogens is 1. The fraction of sp³-hybridized carbons (Fsp3) is 0.0833. The zero-order valence-electron chi connectivity index (χ0n) is 10.3. The van der Waals surface area contributed by atoms with E-state index < -0.39 is 34.0 Å². The van der Waals surface area contributed by atoms with E-state index in [1.165, 1.54) is 18.2 Å². The van der Waals surface area contributed by atoms with Crippen LogP contribution in [0.1, 0.15) is 5.56 Å². The molecule has 1 heterocycles. The van der Waals surface area contributed by atoms with Crippen molar-refractivity contribution in [3.63, 3.8) is 0 Å². The Morgan fingerprint density at radius 1 is 1.24 bits per heavy atom. The Balaban J connectivity index is 2.41. The highest BCUT2D eigenvalue weighted by molar-refractivity contribution is 5.48. The number of halogens is 3. The summed E-state index contributed by atoms with van der Waals surface area (Å²) in [7, 11) is 0. The molecule has 0 unspecified atom stereocenters. The van der Waals surface area contributed by atoms with Gasteiger partial charge in [-0.3, -0.25) is 10.1 Å². The number of nitro benzene ring substituents is 1. The number of ether oxygens (including phenoxy) is 1. The molecule has 2 aromatic rings. The van der Waals surface area contributed by atoms with Crippen LogP contribution in [0.5, 0.6) is 11.6 Å². The quantitative estimate of drug-likeness (QED) is 0.693. The van der Waals surface area contributed by atoms with Crippen LogP contribution < -0.4 is 10.5 Å². The van der Waals surface area contributed by atoms with Gasteiger partial charge in [-0.05, 0) is 12.1 Å². The van der Waals surface area contributed by atoms with Crippen molar-refractivity contribution in [2.24, 2.45) is 0 Å². The summed E-state index contributed by atoms with van der Waals surface area (Å²) in [6, 6.07) is 6.51. The van der Waals surface area contributed by atoms with Gasteiger partial charge in [0.05, 0.1) is 10.5 Å². The summed E-state index contributed by atoms with van der Waals surface area (Å²) < 4.78 is 43.0. The average Bonchev–Trinajstić information content (AvgIpc) is 2.37. The third kappa shape index (κ3) is 3.38. The highest BCUT2D eigenvalue weighted by atomic mass is 19.4.